The van der Waals surface area contributed by atoms with Gasteiger partial charge in [0, 0.05) is 6.07 Å². The molecule has 1 aliphatic heterocycles. The van der Waals surface area contributed by atoms with Crippen molar-refractivity contribution in [3.63, 3.8) is 0 Å². The first-order valence-electron chi connectivity index (χ1n) is 12.4. The van der Waals surface area contributed by atoms with Crippen molar-refractivity contribution in [1.29, 1.82) is 0 Å². The second kappa shape index (κ2) is 10.7. The molecule has 0 aliphatic carbocycles. The number of halogens is 1. The molecule has 2 N–H and O–H groups in total. The number of amides is 2. The molecule has 10 heteroatoms. The van der Waals surface area contributed by atoms with Crippen LogP contribution in [-0.4, -0.2) is 56.8 Å². The number of aliphatic hydroxyl groups excluding tert-OH is 1. The van der Waals surface area contributed by atoms with Crippen LogP contribution in [-0.2, 0) is 9.59 Å². The van der Waals surface area contributed by atoms with Crippen molar-refractivity contribution in [2.24, 2.45) is 5.92 Å². The molecule has 0 radical (unpaired) electrons. The van der Waals surface area contributed by atoms with E-state index in [2.05, 4.69) is 15.5 Å². The standard InChI is InChI=1S/C27H33FN4O4S/c1-13(2)22(21-10-15(4)31-36-21)27(35)32-11-20(33)23(28)24(32)26(34)30-16(5)19-8-7-18(9-14(19)3)25-17(6)29-12-37-25/h7-10,12-13,16,20,22-24,33H,11H2,1-6H3,(H,30,34)/t16-,20-,22+,23-,24-/m0/s1. The van der Waals surface area contributed by atoms with E-state index in [1.165, 1.54) is 0 Å². The third kappa shape index (κ3) is 5.31. The predicted octanol–water partition coefficient (Wildman–Crippen LogP) is 4.25. The Kier molecular flexibility index (Phi) is 7.80. The molecule has 2 aromatic heterocycles. The zero-order valence-electron chi connectivity index (χ0n) is 21.9. The average molecular weight is 529 g/mol. The van der Waals surface area contributed by atoms with Gasteiger partial charge in [-0.1, -0.05) is 37.2 Å². The molecule has 4 rings (SSSR count). The van der Waals surface area contributed by atoms with Crippen molar-refractivity contribution in [2.45, 2.75) is 71.8 Å². The third-order valence-corrected chi connectivity index (χ3v) is 7.91. The summed E-state index contributed by atoms with van der Waals surface area (Å²) in [5.41, 5.74) is 6.27. The summed E-state index contributed by atoms with van der Waals surface area (Å²) in [6, 6.07) is 5.73. The minimum atomic E-state index is -1.90. The number of likely N-dealkylation sites (tertiary alicyclic amines) is 1. The van der Waals surface area contributed by atoms with Gasteiger partial charge in [0.15, 0.2) is 6.17 Å². The second-order valence-corrected chi connectivity index (χ2v) is 11.0. The van der Waals surface area contributed by atoms with Crippen LogP contribution in [0.2, 0.25) is 0 Å². The van der Waals surface area contributed by atoms with E-state index in [4.69, 9.17) is 4.52 Å². The number of aliphatic hydroxyl groups is 1. The van der Waals surface area contributed by atoms with E-state index in [-0.39, 0.29) is 12.5 Å². The molecule has 1 saturated heterocycles. The van der Waals surface area contributed by atoms with Crippen LogP contribution < -0.4 is 5.32 Å². The lowest BCUT2D eigenvalue weighted by atomic mass is 9.91. The van der Waals surface area contributed by atoms with Gasteiger partial charge < -0.3 is 19.8 Å². The second-order valence-electron chi connectivity index (χ2n) is 10.1. The summed E-state index contributed by atoms with van der Waals surface area (Å²) < 4.78 is 20.5. The van der Waals surface area contributed by atoms with Crippen LogP contribution in [0, 0.1) is 26.7 Å². The average Bonchev–Trinajstić information content (AvgIpc) is 3.52. The molecule has 0 saturated carbocycles. The van der Waals surface area contributed by atoms with E-state index >= 15 is 4.39 Å². The summed E-state index contributed by atoms with van der Waals surface area (Å²) in [4.78, 5) is 33.4. The first-order chi connectivity index (χ1) is 17.5. The van der Waals surface area contributed by atoms with E-state index in [0.29, 0.717) is 11.5 Å². The van der Waals surface area contributed by atoms with E-state index < -0.39 is 42.1 Å². The van der Waals surface area contributed by atoms with Crippen molar-refractivity contribution < 1.29 is 23.6 Å². The van der Waals surface area contributed by atoms with Crippen molar-refractivity contribution in [3.8, 4) is 10.4 Å². The van der Waals surface area contributed by atoms with E-state index in [1.54, 1.807) is 29.8 Å². The van der Waals surface area contributed by atoms with Crippen molar-refractivity contribution in [2.75, 3.05) is 6.54 Å². The van der Waals surface area contributed by atoms with Crippen LogP contribution in [0.5, 0.6) is 0 Å². The van der Waals surface area contributed by atoms with Gasteiger partial charge in [-0.15, -0.1) is 11.3 Å². The van der Waals surface area contributed by atoms with E-state index in [0.717, 1.165) is 32.2 Å². The number of benzene rings is 1. The molecule has 5 atom stereocenters. The molecular weight excluding hydrogens is 495 g/mol. The Morgan fingerprint density at radius 3 is 2.51 bits per heavy atom. The maximum absolute atomic E-state index is 15.1. The Morgan fingerprint density at radius 1 is 1.22 bits per heavy atom. The molecule has 3 heterocycles. The van der Waals surface area contributed by atoms with Crippen LogP contribution in [0.4, 0.5) is 4.39 Å². The third-order valence-electron chi connectivity index (χ3n) is 6.93. The van der Waals surface area contributed by atoms with Gasteiger partial charge in [-0.3, -0.25) is 9.59 Å². The fourth-order valence-electron chi connectivity index (χ4n) is 5.01. The lowest BCUT2D eigenvalue weighted by Crippen LogP contribution is -2.51. The molecule has 0 spiro atoms. The number of hydrogen-bond acceptors (Lipinski definition) is 7. The normalized spacial score (nSPS) is 21.3. The molecular formula is C27H33FN4O4S. The SMILES string of the molecule is Cc1cc([C@H](C(=O)N2C[C@H](O)[C@H](F)[C@H]2C(=O)N[C@@H](C)c2ccc(-c3scnc3C)cc2C)C(C)C)on1. The van der Waals surface area contributed by atoms with Crippen molar-refractivity contribution >= 4 is 23.2 Å². The number of thiazole rings is 1. The number of carbonyl (C=O) groups excluding carboxylic acids is 2. The molecule has 37 heavy (non-hydrogen) atoms. The molecule has 1 aromatic carbocycles. The van der Waals surface area contributed by atoms with Gasteiger partial charge in [-0.05, 0) is 50.3 Å². The smallest absolute Gasteiger partial charge is 0.246 e. The largest absolute Gasteiger partial charge is 0.388 e. The van der Waals surface area contributed by atoms with Gasteiger partial charge in [-0.2, -0.15) is 0 Å². The number of β-amino-alcohol motifs (C(OH)–C–C–N with tert-alkyl or cyclic N) is 1. The van der Waals surface area contributed by atoms with Crippen LogP contribution in [0.15, 0.2) is 34.3 Å². The van der Waals surface area contributed by atoms with Crippen LogP contribution in [0.1, 0.15) is 61.0 Å². The summed E-state index contributed by atoms with van der Waals surface area (Å²) in [6.45, 7) is 10.9. The first-order valence-corrected chi connectivity index (χ1v) is 13.2. The fraction of sp³-hybridized carbons (Fsp3) is 0.481. The number of carbonyl (C=O) groups is 2. The maximum atomic E-state index is 15.1. The zero-order valence-corrected chi connectivity index (χ0v) is 22.7. The molecule has 0 bridgehead atoms. The highest BCUT2D eigenvalue weighted by atomic mass is 32.1. The van der Waals surface area contributed by atoms with Gasteiger partial charge in [0.25, 0.3) is 0 Å². The molecule has 3 aromatic rings. The first kappa shape index (κ1) is 26.9. The lowest BCUT2D eigenvalue weighted by molar-refractivity contribution is -0.142. The minimum absolute atomic E-state index is 0.193. The number of hydrogen-bond donors (Lipinski definition) is 2. The Bertz CT molecular complexity index is 1290. The maximum Gasteiger partial charge on any atom is 0.246 e. The van der Waals surface area contributed by atoms with Crippen LogP contribution in [0.25, 0.3) is 10.4 Å². The summed E-state index contributed by atoms with van der Waals surface area (Å²) >= 11 is 1.57. The van der Waals surface area contributed by atoms with E-state index in [1.807, 2.05) is 52.8 Å². The molecule has 1 aliphatic rings. The number of nitrogens with one attached hydrogen (secondary N) is 1. The van der Waals surface area contributed by atoms with Gasteiger partial charge >= 0.3 is 0 Å². The number of aryl methyl sites for hydroxylation is 3. The minimum Gasteiger partial charge on any atom is -0.388 e. The number of aromatic nitrogens is 2. The number of nitrogens with zero attached hydrogens (tertiary/aromatic N) is 3. The highest BCUT2D eigenvalue weighted by Gasteiger charge is 2.50. The Hall–Kier alpha value is -3.11. The van der Waals surface area contributed by atoms with Crippen LogP contribution in [0.3, 0.4) is 0 Å². The van der Waals surface area contributed by atoms with E-state index in [9.17, 15) is 14.7 Å². The molecule has 0 unspecified atom stereocenters. The zero-order chi connectivity index (χ0) is 27.0. The molecule has 2 amide bonds. The molecule has 8 nitrogen and oxygen atoms in total. The molecule has 1 fully saturated rings. The van der Waals surface area contributed by atoms with Crippen molar-refractivity contribution in [3.05, 3.63) is 58.1 Å². The highest BCUT2D eigenvalue weighted by molar-refractivity contribution is 7.13. The summed E-state index contributed by atoms with van der Waals surface area (Å²) in [7, 11) is 0. The van der Waals surface area contributed by atoms with Crippen LogP contribution >= 0.6 is 11.3 Å². The van der Waals surface area contributed by atoms with Crippen molar-refractivity contribution in [1.82, 2.24) is 20.4 Å². The number of alkyl halides is 1. The van der Waals surface area contributed by atoms with Gasteiger partial charge in [0.2, 0.25) is 11.8 Å². The summed E-state index contributed by atoms with van der Waals surface area (Å²) in [6.07, 6.45) is -3.36. The highest BCUT2D eigenvalue weighted by Crippen LogP contribution is 2.33. The Balaban J connectivity index is 1.54. The Morgan fingerprint density at radius 2 is 1.95 bits per heavy atom. The fourth-order valence-corrected chi connectivity index (χ4v) is 5.82. The summed E-state index contributed by atoms with van der Waals surface area (Å²) in [5.74, 6) is -1.71. The monoisotopic (exact) mass is 528 g/mol. The predicted molar refractivity (Wildman–Crippen MR) is 139 cm³/mol. The number of rotatable bonds is 7. The quantitative estimate of drug-likeness (QED) is 0.475. The van der Waals surface area contributed by atoms with Gasteiger partial charge in [0.05, 0.1) is 34.4 Å². The Labute approximate surface area is 219 Å². The van der Waals surface area contributed by atoms with Gasteiger partial charge in [0.1, 0.15) is 23.8 Å². The topological polar surface area (TPSA) is 109 Å². The van der Waals surface area contributed by atoms with Gasteiger partial charge in [-0.25, -0.2) is 9.37 Å². The molecule has 198 valence electrons. The summed E-state index contributed by atoms with van der Waals surface area (Å²) in [5, 5.41) is 17.0. The lowest BCUT2D eigenvalue weighted by Gasteiger charge is -2.30.